The second-order valence-electron chi connectivity index (χ2n) is 4.45. The number of hydrogen-bond acceptors (Lipinski definition) is 3. The summed E-state index contributed by atoms with van der Waals surface area (Å²) in [5.41, 5.74) is 0.618. The number of carbonyl (C=O) groups is 1. The van der Waals surface area contributed by atoms with Gasteiger partial charge in [0.2, 0.25) is 0 Å². The van der Waals surface area contributed by atoms with E-state index in [-0.39, 0.29) is 5.91 Å². The summed E-state index contributed by atoms with van der Waals surface area (Å²) in [6.45, 7) is 4.42. The number of aromatic nitrogens is 1. The van der Waals surface area contributed by atoms with Gasteiger partial charge >= 0.3 is 0 Å². The lowest BCUT2D eigenvalue weighted by molar-refractivity contribution is 0.0724. The van der Waals surface area contributed by atoms with E-state index in [1.807, 2.05) is 11.8 Å². The first-order chi connectivity index (χ1) is 8.70. The molecular formula is C13H18ClN3O. The highest BCUT2D eigenvalue weighted by atomic mass is 35.5. The van der Waals surface area contributed by atoms with Crippen molar-refractivity contribution in [1.29, 1.82) is 0 Å². The van der Waals surface area contributed by atoms with Crippen LogP contribution in [0.4, 0.5) is 5.82 Å². The largest absolute Gasteiger partial charge is 0.370 e. The Morgan fingerprint density at radius 1 is 1.39 bits per heavy atom. The van der Waals surface area contributed by atoms with Gasteiger partial charge in [-0.05, 0) is 38.3 Å². The predicted octanol–water partition coefficient (Wildman–Crippen LogP) is 2.79. The summed E-state index contributed by atoms with van der Waals surface area (Å²) in [7, 11) is 0. The molecule has 0 atom stereocenters. The Kier molecular flexibility index (Phi) is 4.42. The molecule has 0 saturated carbocycles. The maximum absolute atomic E-state index is 12.3. The molecule has 0 aromatic carbocycles. The number of anilines is 1. The van der Waals surface area contributed by atoms with Crippen LogP contribution in [0.25, 0.3) is 0 Å². The SMILES string of the molecule is CCNc1cc(C(=O)N2CCCCC2)cc(Cl)n1. The molecule has 1 amide bonds. The lowest BCUT2D eigenvalue weighted by Gasteiger charge is -2.26. The molecule has 1 N–H and O–H groups in total. The van der Waals surface area contributed by atoms with Gasteiger partial charge in [-0.2, -0.15) is 0 Å². The van der Waals surface area contributed by atoms with E-state index >= 15 is 0 Å². The zero-order chi connectivity index (χ0) is 13.0. The molecule has 18 heavy (non-hydrogen) atoms. The highest BCUT2D eigenvalue weighted by Crippen LogP contribution is 2.18. The number of pyridine rings is 1. The van der Waals surface area contributed by atoms with Gasteiger partial charge < -0.3 is 10.2 Å². The van der Waals surface area contributed by atoms with Crippen molar-refractivity contribution in [2.75, 3.05) is 25.0 Å². The Morgan fingerprint density at radius 2 is 2.11 bits per heavy atom. The molecule has 98 valence electrons. The van der Waals surface area contributed by atoms with Gasteiger partial charge in [0.05, 0.1) is 0 Å². The standard InChI is InChI=1S/C13H18ClN3O/c1-2-15-12-9-10(8-11(14)16-12)13(18)17-6-4-3-5-7-17/h8-9H,2-7H2,1H3,(H,15,16). The molecule has 1 aromatic heterocycles. The van der Waals surface area contributed by atoms with Gasteiger partial charge in [-0.1, -0.05) is 11.6 Å². The van der Waals surface area contributed by atoms with Crippen molar-refractivity contribution >= 4 is 23.3 Å². The maximum Gasteiger partial charge on any atom is 0.254 e. The third-order valence-corrected chi connectivity index (χ3v) is 3.24. The number of nitrogens with one attached hydrogen (secondary N) is 1. The monoisotopic (exact) mass is 267 g/mol. The highest BCUT2D eigenvalue weighted by Gasteiger charge is 2.19. The smallest absolute Gasteiger partial charge is 0.254 e. The third kappa shape index (κ3) is 3.13. The molecule has 0 radical (unpaired) electrons. The van der Waals surface area contributed by atoms with Gasteiger partial charge in [0.25, 0.3) is 5.91 Å². The molecule has 1 aliphatic heterocycles. The first-order valence-electron chi connectivity index (χ1n) is 6.41. The van der Waals surface area contributed by atoms with E-state index in [2.05, 4.69) is 10.3 Å². The van der Waals surface area contributed by atoms with Crippen LogP contribution in [0.1, 0.15) is 36.5 Å². The normalized spacial score (nSPS) is 15.6. The molecular weight excluding hydrogens is 250 g/mol. The molecule has 2 heterocycles. The van der Waals surface area contributed by atoms with Crippen LogP contribution in [0.3, 0.4) is 0 Å². The molecule has 1 aromatic rings. The zero-order valence-electron chi connectivity index (χ0n) is 10.6. The minimum absolute atomic E-state index is 0.0538. The van der Waals surface area contributed by atoms with Crippen molar-refractivity contribution < 1.29 is 4.79 Å². The van der Waals surface area contributed by atoms with Crippen LogP contribution in [0, 0.1) is 0 Å². The number of nitrogens with zero attached hydrogens (tertiary/aromatic N) is 2. The van der Waals surface area contributed by atoms with Crippen LogP contribution in [-0.4, -0.2) is 35.4 Å². The fraction of sp³-hybridized carbons (Fsp3) is 0.538. The van der Waals surface area contributed by atoms with Gasteiger partial charge in [0.1, 0.15) is 11.0 Å². The van der Waals surface area contributed by atoms with Crippen molar-refractivity contribution in [3.05, 3.63) is 22.8 Å². The molecule has 0 unspecified atom stereocenters. The highest BCUT2D eigenvalue weighted by molar-refractivity contribution is 6.29. The average molecular weight is 268 g/mol. The minimum atomic E-state index is 0.0538. The maximum atomic E-state index is 12.3. The van der Waals surface area contributed by atoms with E-state index in [0.29, 0.717) is 16.5 Å². The third-order valence-electron chi connectivity index (χ3n) is 3.04. The van der Waals surface area contributed by atoms with Gasteiger partial charge in [-0.3, -0.25) is 4.79 Å². The molecule has 0 spiro atoms. The van der Waals surface area contributed by atoms with Gasteiger partial charge in [0, 0.05) is 25.2 Å². The van der Waals surface area contributed by atoms with Crippen LogP contribution in [0.15, 0.2) is 12.1 Å². The summed E-state index contributed by atoms with van der Waals surface area (Å²) in [4.78, 5) is 18.3. The molecule has 0 bridgehead atoms. The number of likely N-dealkylation sites (tertiary alicyclic amines) is 1. The lowest BCUT2D eigenvalue weighted by Crippen LogP contribution is -2.35. The second kappa shape index (κ2) is 6.05. The van der Waals surface area contributed by atoms with Gasteiger partial charge in [0.15, 0.2) is 0 Å². The van der Waals surface area contributed by atoms with Crippen molar-refractivity contribution in [2.24, 2.45) is 0 Å². The van der Waals surface area contributed by atoms with E-state index in [1.54, 1.807) is 12.1 Å². The van der Waals surface area contributed by atoms with E-state index in [4.69, 9.17) is 11.6 Å². The summed E-state index contributed by atoms with van der Waals surface area (Å²) in [5, 5.41) is 3.44. The van der Waals surface area contributed by atoms with Crippen LogP contribution in [-0.2, 0) is 0 Å². The van der Waals surface area contributed by atoms with Gasteiger partial charge in [-0.15, -0.1) is 0 Å². The second-order valence-corrected chi connectivity index (χ2v) is 4.83. The van der Waals surface area contributed by atoms with E-state index in [0.717, 1.165) is 32.5 Å². The summed E-state index contributed by atoms with van der Waals surface area (Å²) < 4.78 is 0. The molecule has 2 rings (SSSR count). The Labute approximate surface area is 112 Å². The Balaban J connectivity index is 2.18. The van der Waals surface area contributed by atoms with E-state index < -0.39 is 0 Å². The first-order valence-corrected chi connectivity index (χ1v) is 6.79. The predicted molar refractivity (Wildman–Crippen MR) is 73.2 cm³/mol. The number of carbonyl (C=O) groups excluding carboxylic acids is 1. The van der Waals surface area contributed by atoms with E-state index in [1.165, 1.54) is 6.42 Å². The molecule has 4 nitrogen and oxygen atoms in total. The van der Waals surface area contributed by atoms with Crippen molar-refractivity contribution in [1.82, 2.24) is 9.88 Å². The quantitative estimate of drug-likeness (QED) is 0.857. The molecule has 5 heteroatoms. The number of rotatable bonds is 3. The Hall–Kier alpha value is -1.29. The zero-order valence-corrected chi connectivity index (χ0v) is 11.3. The van der Waals surface area contributed by atoms with Crippen LogP contribution >= 0.6 is 11.6 Å². The molecule has 1 aliphatic rings. The minimum Gasteiger partial charge on any atom is -0.370 e. The Bertz CT molecular complexity index is 430. The van der Waals surface area contributed by atoms with Crippen LogP contribution in [0.5, 0.6) is 0 Å². The molecule has 1 saturated heterocycles. The van der Waals surface area contributed by atoms with Crippen molar-refractivity contribution in [3.8, 4) is 0 Å². The fourth-order valence-electron chi connectivity index (χ4n) is 2.17. The Morgan fingerprint density at radius 3 is 2.78 bits per heavy atom. The fourth-order valence-corrected chi connectivity index (χ4v) is 2.38. The summed E-state index contributed by atoms with van der Waals surface area (Å²) in [5.74, 6) is 0.712. The number of piperidine rings is 1. The summed E-state index contributed by atoms with van der Waals surface area (Å²) in [6, 6.07) is 3.41. The average Bonchev–Trinajstić information content (AvgIpc) is 2.38. The lowest BCUT2D eigenvalue weighted by atomic mass is 10.1. The number of halogens is 1. The summed E-state index contributed by atoms with van der Waals surface area (Å²) in [6.07, 6.45) is 3.39. The van der Waals surface area contributed by atoms with Crippen molar-refractivity contribution in [3.63, 3.8) is 0 Å². The van der Waals surface area contributed by atoms with E-state index in [9.17, 15) is 4.79 Å². The first kappa shape index (κ1) is 13.1. The van der Waals surface area contributed by atoms with Gasteiger partial charge in [-0.25, -0.2) is 4.98 Å². The van der Waals surface area contributed by atoms with Crippen LogP contribution < -0.4 is 5.32 Å². The molecule has 1 fully saturated rings. The van der Waals surface area contributed by atoms with Crippen molar-refractivity contribution in [2.45, 2.75) is 26.2 Å². The summed E-state index contributed by atoms with van der Waals surface area (Å²) >= 11 is 5.95. The molecule has 0 aliphatic carbocycles. The van der Waals surface area contributed by atoms with Crippen LogP contribution in [0.2, 0.25) is 5.15 Å². The number of hydrogen-bond donors (Lipinski definition) is 1. The number of amides is 1. The topological polar surface area (TPSA) is 45.2 Å².